The van der Waals surface area contributed by atoms with Crippen LogP contribution in [0.5, 0.6) is 0 Å². The highest BCUT2D eigenvalue weighted by Gasteiger charge is 2.16. The van der Waals surface area contributed by atoms with Gasteiger partial charge in [0, 0.05) is 40.5 Å². The molecule has 0 saturated heterocycles. The first-order valence-electron chi connectivity index (χ1n) is 6.97. The van der Waals surface area contributed by atoms with Gasteiger partial charge in [-0.25, -0.2) is 4.98 Å². The van der Waals surface area contributed by atoms with Crippen LogP contribution >= 0.6 is 11.3 Å². The quantitative estimate of drug-likeness (QED) is 0.577. The van der Waals surface area contributed by atoms with Gasteiger partial charge in [0.2, 0.25) is 0 Å². The molecule has 0 bridgehead atoms. The monoisotopic (exact) mass is 340 g/mol. The van der Waals surface area contributed by atoms with E-state index >= 15 is 0 Å². The molecule has 120 valence electrons. The number of nitrogens with one attached hydrogen (secondary N) is 1. The molecule has 0 aliphatic heterocycles. The normalized spacial score (nSPS) is 10.4. The summed E-state index contributed by atoms with van der Waals surface area (Å²) < 4.78 is 0. The second kappa shape index (κ2) is 6.55. The number of nitrogens with zero attached hydrogens (tertiary/aromatic N) is 3. The Labute approximate surface area is 141 Å². The zero-order valence-electron chi connectivity index (χ0n) is 12.6. The Morgan fingerprint density at radius 3 is 2.88 bits per heavy atom. The fourth-order valence-corrected chi connectivity index (χ4v) is 2.81. The first-order chi connectivity index (χ1) is 11.5. The van der Waals surface area contributed by atoms with Gasteiger partial charge in [0.05, 0.1) is 10.6 Å². The number of rotatable bonds is 4. The minimum atomic E-state index is -0.504. The van der Waals surface area contributed by atoms with Crippen LogP contribution in [0.3, 0.4) is 0 Å². The number of hydrogen-bond donors (Lipinski definition) is 1. The summed E-state index contributed by atoms with van der Waals surface area (Å²) in [5.41, 5.74) is 2.19. The van der Waals surface area contributed by atoms with E-state index in [0.717, 1.165) is 5.56 Å². The van der Waals surface area contributed by atoms with Crippen molar-refractivity contribution < 1.29 is 9.72 Å². The number of hydrogen-bond acceptors (Lipinski definition) is 6. The SMILES string of the molecule is Cc1ccc(C(=O)Nc2nc(-c3cccnc3)cs2)cc1[N+](=O)[O-]. The number of amides is 1. The first-order valence-corrected chi connectivity index (χ1v) is 7.85. The summed E-state index contributed by atoms with van der Waals surface area (Å²) in [7, 11) is 0. The van der Waals surface area contributed by atoms with Crippen molar-refractivity contribution in [3.8, 4) is 11.3 Å². The summed E-state index contributed by atoms with van der Waals surface area (Å²) in [6.45, 7) is 1.63. The third-order valence-electron chi connectivity index (χ3n) is 3.35. The molecule has 0 aliphatic rings. The number of pyridine rings is 1. The van der Waals surface area contributed by atoms with Crippen molar-refractivity contribution in [1.82, 2.24) is 9.97 Å². The fraction of sp³-hybridized carbons (Fsp3) is 0.0625. The van der Waals surface area contributed by atoms with Crippen molar-refractivity contribution in [2.75, 3.05) is 5.32 Å². The fourth-order valence-electron chi connectivity index (χ4n) is 2.09. The molecule has 0 saturated carbocycles. The highest BCUT2D eigenvalue weighted by molar-refractivity contribution is 7.14. The molecule has 0 spiro atoms. The van der Waals surface area contributed by atoms with E-state index in [1.165, 1.54) is 17.4 Å². The van der Waals surface area contributed by atoms with Gasteiger partial charge in [0.15, 0.2) is 5.13 Å². The Morgan fingerprint density at radius 2 is 2.17 bits per heavy atom. The standard InChI is InChI=1S/C16H12N4O3S/c1-10-4-5-11(7-14(10)20(22)23)15(21)19-16-18-13(9-24-16)12-3-2-6-17-8-12/h2-9H,1H3,(H,18,19,21). The molecule has 2 heterocycles. The van der Waals surface area contributed by atoms with E-state index in [-0.39, 0.29) is 11.3 Å². The van der Waals surface area contributed by atoms with Crippen LogP contribution in [0, 0.1) is 17.0 Å². The summed E-state index contributed by atoms with van der Waals surface area (Å²) >= 11 is 1.28. The molecular formula is C16H12N4O3S. The van der Waals surface area contributed by atoms with Gasteiger partial charge in [-0.15, -0.1) is 11.3 Å². The van der Waals surface area contributed by atoms with Gasteiger partial charge in [-0.05, 0) is 25.1 Å². The predicted octanol–water partition coefficient (Wildman–Crippen LogP) is 3.67. The number of aromatic nitrogens is 2. The lowest BCUT2D eigenvalue weighted by molar-refractivity contribution is -0.385. The number of nitro benzene ring substituents is 1. The van der Waals surface area contributed by atoms with Crippen molar-refractivity contribution in [3.05, 3.63) is 69.3 Å². The lowest BCUT2D eigenvalue weighted by Crippen LogP contribution is -2.12. The van der Waals surface area contributed by atoms with Crippen LogP contribution in [0.4, 0.5) is 10.8 Å². The first kappa shape index (κ1) is 15.8. The number of anilines is 1. The van der Waals surface area contributed by atoms with Crippen molar-refractivity contribution in [3.63, 3.8) is 0 Å². The molecular weight excluding hydrogens is 328 g/mol. The van der Waals surface area contributed by atoms with Crippen molar-refractivity contribution in [1.29, 1.82) is 0 Å². The number of thiazole rings is 1. The lowest BCUT2D eigenvalue weighted by Gasteiger charge is -2.03. The zero-order valence-corrected chi connectivity index (χ0v) is 13.4. The third-order valence-corrected chi connectivity index (χ3v) is 4.11. The molecule has 2 aromatic heterocycles. The summed E-state index contributed by atoms with van der Waals surface area (Å²) in [4.78, 5) is 31.1. The van der Waals surface area contributed by atoms with Crippen LogP contribution in [0.15, 0.2) is 48.1 Å². The molecule has 0 unspecified atom stereocenters. The molecule has 8 heteroatoms. The Balaban J connectivity index is 1.80. The van der Waals surface area contributed by atoms with Gasteiger partial charge in [0.1, 0.15) is 0 Å². The summed E-state index contributed by atoms with van der Waals surface area (Å²) in [6.07, 6.45) is 3.35. The van der Waals surface area contributed by atoms with Gasteiger partial charge in [-0.2, -0.15) is 0 Å². The topological polar surface area (TPSA) is 98.0 Å². The van der Waals surface area contributed by atoms with Gasteiger partial charge in [-0.3, -0.25) is 25.2 Å². The average Bonchev–Trinajstić information content (AvgIpc) is 3.04. The Kier molecular flexibility index (Phi) is 4.30. The number of carbonyl (C=O) groups excluding carboxylic acids is 1. The van der Waals surface area contributed by atoms with Gasteiger partial charge >= 0.3 is 0 Å². The number of nitro groups is 1. The van der Waals surface area contributed by atoms with E-state index in [1.807, 2.05) is 11.4 Å². The second-order valence-corrected chi connectivity index (χ2v) is 5.85. The van der Waals surface area contributed by atoms with E-state index in [1.54, 1.807) is 37.5 Å². The molecule has 0 atom stereocenters. The Bertz CT molecular complexity index is 909. The maximum absolute atomic E-state index is 12.3. The lowest BCUT2D eigenvalue weighted by atomic mass is 10.1. The van der Waals surface area contributed by atoms with Crippen molar-refractivity contribution in [2.45, 2.75) is 6.92 Å². The molecule has 1 amide bonds. The Morgan fingerprint density at radius 1 is 1.33 bits per heavy atom. The molecule has 24 heavy (non-hydrogen) atoms. The van der Waals surface area contributed by atoms with E-state index in [2.05, 4.69) is 15.3 Å². The Hall–Kier alpha value is -3.13. The summed E-state index contributed by atoms with van der Waals surface area (Å²) in [6, 6.07) is 8.04. The molecule has 1 aromatic carbocycles. The molecule has 0 aliphatic carbocycles. The van der Waals surface area contributed by atoms with Crippen LogP contribution < -0.4 is 5.32 Å². The van der Waals surface area contributed by atoms with E-state index in [4.69, 9.17) is 0 Å². The third kappa shape index (κ3) is 3.28. The number of benzene rings is 1. The minimum absolute atomic E-state index is 0.0853. The van der Waals surface area contributed by atoms with Crippen LogP contribution in [0.1, 0.15) is 15.9 Å². The van der Waals surface area contributed by atoms with Gasteiger partial charge in [-0.1, -0.05) is 6.07 Å². The number of aryl methyl sites for hydroxylation is 1. The molecule has 3 rings (SSSR count). The minimum Gasteiger partial charge on any atom is -0.298 e. The second-order valence-electron chi connectivity index (χ2n) is 4.99. The van der Waals surface area contributed by atoms with Gasteiger partial charge in [0.25, 0.3) is 11.6 Å². The van der Waals surface area contributed by atoms with Crippen LogP contribution in [0.25, 0.3) is 11.3 Å². The largest absolute Gasteiger partial charge is 0.298 e. The highest BCUT2D eigenvalue weighted by Crippen LogP contribution is 2.25. The van der Waals surface area contributed by atoms with Crippen molar-refractivity contribution in [2.24, 2.45) is 0 Å². The predicted molar refractivity (Wildman–Crippen MR) is 91.1 cm³/mol. The average molecular weight is 340 g/mol. The van der Waals surface area contributed by atoms with Crippen molar-refractivity contribution >= 4 is 28.1 Å². The molecule has 7 nitrogen and oxygen atoms in total. The maximum Gasteiger partial charge on any atom is 0.273 e. The van der Waals surface area contributed by atoms with Gasteiger partial charge < -0.3 is 0 Å². The van der Waals surface area contributed by atoms with E-state index in [9.17, 15) is 14.9 Å². The van der Waals surface area contributed by atoms with Crippen LogP contribution in [-0.4, -0.2) is 20.8 Å². The maximum atomic E-state index is 12.3. The van der Waals surface area contributed by atoms with E-state index in [0.29, 0.717) is 16.4 Å². The highest BCUT2D eigenvalue weighted by atomic mass is 32.1. The molecule has 3 aromatic rings. The zero-order chi connectivity index (χ0) is 17.1. The summed E-state index contributed by atoms with van der Waals surface area (Å²) in [5, 5.41) is 15.9. The molecule has 1 N–H and O–H groups in total. The van der Waals surface area contributed by atoms with E-state index < -0.39 is 10.8 Å². The van der Waals surface area contributed by atoms with Crippen LogP contribution in [-0.2, 0) is 0 Å². The number of carbonyl (C=O) groups is 1. The smallest absolute Gasteiger partial charge is 0.273 e. The summed E-state index contributed by atoms with van der Waals surface area (Å²) in [5.74, 6) is -0.440. The van der Waals surface area contributed by atoms with Crippen LogP contribution in [0.2, 0.25) is 0 Å². The molecule has 0 radical (unpaired) electrons. The molecule has 0 fully saturated rings.